The maximum Gasteiger partial charge on any atom is 0.0424 e. The molecular formula is C14H18N2S. The van der Waals surface area contributed by atoms with Gasteiger partial charge < -0.3 is 5.73 Å². The molecule has 0 aliphatic heterocycles. The zero-order chi connectivity index (χ0) is 12.1. The molecule has 0 fully saturated rings. The Bertz CT molecular complexity index is 425. The second-order valence-corrected chi connectivity index (χ2v) is 5.33. The summed E-state index contributed by atoms with van der Waals surface area (Å²) in [7, 11) is 2.11. The van der Waals surface area contributed by atoms with E-state index in [1.165, 1.54) is 10.4 Å². The monoisotopic (exact) mass is 246 g/mol. The minimum absolute atomic E-state index is 0.0844. The van der Waals surface area contributed by atoms with Crippen molar-refractivity contribution in [2.75, 3.05) is 13.6 Å². The van der Waals surface area contributed by atoms with Crippen molar-refractivity contribution in [1.29, 1.82) is 0 Å². The second-order valence-electron chi connectivity index (χ2n) is 4.29. The van der Waals surface area contributed by atoms with Crippen molar-refractivity contribution in [2.24, 2.45) is 5.73 Å². The molecule has 17 heavy (non-hydrogen) atoms. The Morgan fingerprint density at radius 2 is 1.94 bits per heavy atom. The molecule has 0 spiro atoms. The molecule has 1 heterocycles. The summed E-state index contributed by atoms with van der Waals surface area (Å²) in [5, 5.41) is 2.11. The first-order valence-electron chi connectivity index (χ1n) is 5.77. The first-order valence-corrected chi connectivity index (χ1v) is 6.65. The SMILES string of the molecule is CN(Cc1cccs1)C[C@@H](N)c1ccccc1. The van der Waals surface area contributed by atoms with Crippen LogP contribution in [0.3, 0.4) is 0 Å². The van der Waals surface area contributed by atoms with Gasteiger partial charge in [-0.15, -0.1) is 11.3 Å². The average Bonchev–Trinajstić information content (AvgIpc) is 2.82. The first kappa shape index (κ1) is 12.3. The van der Waals surface area contributed by atoms with Gasteiger partial charge in [0, 0.05) is 24.0 Å². The minimum atomic E-state index is 0.0844. The van der Waals surface area contributed by atoms with Crippen LogP contribution < -0.4 is 5.73 Å². The molecule has 0 bridgehead atoms. The Morgan fingerprint density at radius 3 is 2.59 bits per heavy atom. The number of likely N-dealkylation sites (N-methyl/N-ethyl adjacent to an activating group) is 1. The highest BCUT2D eigenvalue weighted by atomic mass is 32.1. The largest absolute Gasteiger partial charge is 0.323 e. The van der Waals surface area contributed by atoms with Gasteiger partial charge in [0.05, 0.1) is 0 Å². The van der Waals surface area contributed by atoms with Crippen molar-refractivity contribution in [2.45, 2.75) is 12.6 Å². The summed E-state index contributed by atoms with van der Waals surface area (Å²) in [5.74, 6) is 0. The number of benzene rings is 1. The smallest absolute Gasteiger partial charge is 0.0424 e. The Hall–Kier alpha value is -1.16. The van der Waals surface area contributed by atoms with Crippen molar-refractivity contribution < 1.29 is 0 Å². The lowest BCUT2D eigenvalue weighted by Crippen LogP contribution is -2.28. The maximum absolute atomic E-state index is 6.19. The molecule has 2 rings (SSSR count). The molecule has 0 saturated carbocycles. The van der Waals surface area contributed by atoms with E-state index in [2.05, 4.69) is 41.6 Å². The van der Waals surface area contributed by atoms with Crippen molar-refractivity contribution in [3.63, 3.8) is 0 Å². The van der Waals surface area contributed by atoms with Crippen LogP contribution in [-0.4, -0.2) is 18.5 Å². The van der Waals surface area contributed by atoms with Gasteiger partial charge in [0.1, 0.15) is 0 Å². The van der Waals surface area contributed by atoms with Crippen molar-refractivity contribution in [3.8, 4) is 0 Å². The third kappa shape index (κ3) is 3.66. The fraction of sp³-hybridized carbons (Fsp3) is 0.286. The quantitative estimate of drug-likeness (QED) is 0.879. The number of nitrogens with two attached hydrogens (primary N) is 1. The van der Waals surface area contributed by atoms with Crippen LogP contribution in [0.15, 0.2) is 47.8 Å². The third-order valence-electron chi connectivity index (χ3n) is 2.74. The standard InChI is InChI=1S/C14H18N2S/c1-16(10-13-8-5-9-17-13)11-14(15)12-6-3-2-4-7-12/h2-9,14H,10-11,15H2,1H3/t14-/m1/s1. The fourth-order valence-electron chi connectivity index (χ4n) is 1.87. The van der Waals surface area contributed by atoms with Gasteiger partial charge in [-0.05, 0) is 24.1 Å². The van der Waals surface area contributed by atoms with Crippen LogP contribution in [0.5, 0.6) is 0 Å². The van der Waals surface area contributed by atoms with Crippen molar-refractivity contribution >= 4 is 11.3 Å². The van der Waals surface area contributed by atoms with E-state index < -0.39 is 0 Å². The summed E-state index contributed by atoms with van der Waals surface area (Å²) in [4.78, 5) is 3.65. The normalized spacial score (nSPS) is 12.9. The number of nitrogens with zero attached hydrogens (tertiary/aromatic N) is 1. The number of thiophene rings is 1. The molecule has 2 nitrogen and oxygen atoms in total. The lowest BCUT2D eigenvalue weighted by molar-refractivity contribution is 0.308. The second kappa shape index (κ2) is 5.96. The van der Waals surface area contributed by atoms with Crippen molar-refractivity contribution in [3.05, 3.63) is 58.3 Å². The van der Waals surface area contributed by atoms with Crippen molar-refractivity contribution in [1.82, 2.24) is 4.90 Å². The van der Waals surface area contributed by atoms with E-state index in [1.807, 2.05) is 18.2 Å². The highest BCUT2D eigenvalue weighted by Gasteiger charge is 2.09. The molecule has 0 saturated heterocycles. The molecule has 1 aromatic heterocycles. The van der Waals surface area contributed by atoms with Crippen LogP contribution in [0.1, 0.15) is 16.5 Å². The van der Waals surface area contributed by atoms with Crippen LogP contribution >= 0.6 is 11.3 Å². The maximum atomic E-state index is 6.19. The van der Waals surface area contributed by atoms with Gasteiger partial charge in [-0.2, -0.15) is 0 Å². The van der Waals surface area contributed by atoms with Crippen LogP contribution in [0, 0.1) is 0 Å². The number of rotatable bonds is 5. The minimum Gasteiger partial charge on any atom is -0.323 e. The molecule has 2 N–H and O–H groups in total. The van der Waals surface area contributed by atoms with E-state index in [-0.39, 0.29) is 6.04 Å². The predicted octanol–water partition coefficient (Wildman–Crippen LogP) is 2.88. The fourth-order valence-corrected chi connectivity index (χ4v) is 2.66. The van der Waals surface area contributed by atoms with Gasteiger partial charge in [0.15, 0.2) is 0 Å². The Labute approximate surface area is 107 Å². The average molecular weight is 246 g/mol. The highest BCUT2D eigenvalue weighted by Crippen LogP contribution is 2.14. The van der Waals surface area contributed by atoms with E-state index in [0.717, 1.165) is 13.1 Å². The molecule has 0 unspecified atom stereocenters. The van der Waals surface area contributed by atoms with Gasteiger partial charge in [0.2, 0.25) is 0 Å². The Balaban J connectivity index is 1.88. The summed E-state index contributed by atoms with van der Waals surface area (Å²) in [5.41, 5.74) is 7.39. The molecular weight excluding hydrogens is 228 g/mol. The van der Waals surface area contributed by atoms with E-state index in [4.69, 9.17) is 5.73 Å². The molecule has 1 aromatic carbocycles. The number of hydrogen-bond donors (Lipinski definition) is 1. The van der Waals surface area contributed by atoms with Gasteiger partial charge >= 0.3 is 0 Å². The van der Waals surface area contributed by atoms with Gasteiger partial charge in [0.25, 0.3) is 0 Å². The first-order chi connectivity index (χ1) is 8.25. The van der Waals surface area contributed by atoms with Crippen LogP contribution in [0.2, 0.25) is 0 Å². The zero-order valence-corrected chi connectivity index (χ0v) is 10.9. The van der Waals surface area contributed by atoms with Gasteiger partial charge in [-0.3, -0.25) is 4.90 Å². The predicted molar refractivity (Wildman–Crippen MR) is 74.0 cm³/mol. The number of hydrogen-bond acceptors (Lipinski definition) is 3. The molecule has 90 valence electrons. The molecule has 0 amide bonds. The summed E-state index contributed by atoms with van der Waals surface area (Å²) in [6.45, 7) is 1.85. The van der Waals surface area contributed by atoms with Gasteiger partial charge in [-0.25, -0.2) is 0 Å². The van der Waals surface area contributed by atoms with E-state index in [9.17, 15) is 0 Å². The zero-order valence-electron chi connectivity index (χ0n) is 10.0. The Morgan fingerprint density at radius 1 is 1.18 bits per heavy atom. The lowest BCUT2D eigenvalue weighted by Gasteiger charge is -2.20. The molecule has 2 aromatic rings. The molecule has 1 atom stereocenters. The molecule has 0 radical (unpaired) electrons. The lowest BCUT2D eigenvalue weighted by atomic mass is 10.1. The van der Waals surface area contributed by atoms with Crippen LogP contribution in [0.4, 0.5) is 0 Å². The van der Waals surface area contributed by atoms with E-state index in [1.54, 1.807) is 11.3 Å². The van der Waals surface area contributed by atoms with Crippen LogP contribution in [-0.2, 0) is 6.54 Å². The van der Waals surface area contributed by atoms with Crippen LogP contribution in [0.25, 0.3) is 0 Å². The topological polar surface area (TPSA) is 29.3 Å². The highest BCUT2D eigenvalue weighted by molar-refractivity contribution is 7.09. The molecule has 0 aliphatic rings. The third-order valence-corrected chi connectivity index (χ3v) is 3.60. The van der Waals surface area contributed by atoms with E-state index in [0.29, 0.717) is 0 Å². The summed E-state index contributed by atoms with van der Waals surface area (Å²) < 4.78 is 0. The summed E-state index contributed by atoms with van der Waals surface area (Å²) in [6.07, 6.45) is 0. The molecule has 0 aliphatic carbocycles. The molecule has 3 heteroatoms. The summed E-state index contributed by atoms with van der Waals surface area (Å²) >= 11 is 1.79. The summed E-state index contributed by atoms with van der Waals surface area (Å²) in [6, 6.07) is 14.6. The van der Waals surface area contributed by atoms with E-state index >= 15 is 0 Å². The Kier molecular flexibility index (Phi) is 4.31. The van der Waals surface area contributed by atoms with Gasteiger partial charge in [-0.1, -0.05) is 36.4 Å².